The van der Waals surface area contributed by atoms with Crippen molar-refractivity contribution in [2.75, 3.05) is 51.3 Å². The Morgan fingerprint density at radius 1 is 1.33 bits per heavy atom. The van der Waals surface area contributed by atoms with Crippen LogP contribution in [0.4, 0.5) is 5.69 Å². The minimum absolute atomic E-state index is 0.0340. The standard InChI is InChI=1S/C16H23N3O2/c20-16(14-2-3-15-13(12-14)4-6-17-15)18-5-1-7-19-8-10-21-11-9-19/h2-3,12,17H,1,4-11H2,(H,18,20). The van der Waals surface area contributed by atoms with Gasteiger partial charge in [0.05, 0.1) is 13.2 Å². The van der Waals surface area contributed by atoms with Crippen LogP contribution in [0, 0.1) is 0 Å². The summed E-state index contributed by atoms with van der Waals surface area (Å²) in [7, 11) is 0. The van der Waals surface area contributed by atoms with Gasteiger partial charge in [-0.3, -0.25) is 9.69 Å². The Hall–Kier alpha value is -1.59. The van der Waals surface area contributed by atoms with E-state index in [-0.39, 0.29) is 5.91 Å². The fraction of sp³-hybridized carbons (Fsp3) is 0.562. The number of hydrogen-bond acceptors (Lipinski definition) is 4. The van der Waals surface area contributed by atoms with Crippen LogP contribution in [0.25, 0.3) is 0 Å². The molecule has 0 saturated carbocycles. The minimum atomic E-state index is 0.0340. The summed E-state index contributed by atoms with van der Waals surface area (Å²) in [4.78, 5) is 14.5. The molecule has 0 aromatic heterocycles. The van der Waals surface area contributed by atoms with E-state index in [1.807, 2.05) is 18.2 Å². The zero-order valence-electron chi connectivity index (χ0n) is 12.4. The lowest BCUT2D eigenvalue weighted by Crippen LogP contribution is -2.38. The molecule has 1 fully saturated rings. The molecule has 114 valence electrons. The van der Waals surface area contributed by atoms with Crippen LogP contribution in [0.15, 0.2) is 18.2 Å². The molecule has 2 N–H and O–H groups in total. The van der Waals surface area contributed by atoms with Crippen molar-refractivity contribution in [3.05, 3.63) is 29.3 Å². The van der Waals surface area contributed by atoms with Crippen LogP contribution in [-0.2, 0) is 11.2 Å². The molecule has 1 aromatic carbocycles. The number of carbonyl (C=O) groups excluding carboxylic acids is 1. The van der Waals surface area contributed by atoms with Gasteiger partial charge in [0.1, 0.15) is 0 Å². The minimum Gasteiger partial charge on any atom is -0.384 e. The summed E-state index contributed by atoms with van der Waals surface area (Å²) in [6.07, 6.45) is 1.99. The van der Waals surface area contributed by atoms with Gasteiger partial charge in [0.2, 0.25) is 0 Å². The van der Waals surface area contributed by atoms with Crippen molar-refractivity contribution in [2.24, 2.45) is 0 Å². The largest absolute Gasteiger partial charge is 0.384 e. The summed E-state index contributed by atoms with van der Waals surface area (Å²) in [6, 6.07) is 5.91. The van der Waals surface area contributed by atoms with Crippen LogP contribution >= 0.6 is 0 Å². The molecule has 2 heterocycles. The zero-order valence-corrected chi connectivity index (χ0v) is 12.4. The molecule has 2 aliphatic heterocycles. The van der Waals surface area contributed by atoms with Crippen molar-refractivity contribution in [1.29, 1.82) is 0 Å². The summed E-state index contributed by atoms with van der Waals surface area (Å²) in [5, 5.41) is 6.32. The van der Waals surface area contributed by atoms with Gasteiger partial charge in [-0.1, -0.05) is 0 Å². The number of hydrogen-bond donors (Lipinski definition) is 2. The third-order valence-electron chi connectivity index (χ3n) is 4.12. The number of ether oxygens (including phenoxy) is 1. The highest BCUT2D eigenvalue weighted by Gasteiger charge is 2.13. The molecule has 2 aliphatic rings. The summed E-state index contributed by atoms with van der Waals surface area (Å²) in [6.45, 7) is 6.39. The molecule has 0 atom stereocenters. The second-order valence-corrected chi connectivity index (χ2v) is 5.61. The van der Waals surface area contributed by atoms with Crippen LogP contribution < -0.4 is 10.6 Å². The predicted octanol–water partition coefficient (Wildman–Crippen LogP) is 1.11. The normalized spacial score (nSPS) is 18.1. The van der Waals surface area contributed by atoms with Gasteiger partial charge >= 0.3 is 0 Å². The maximum absolute atomic E-state index is 12.1. The van der Waals surface area contributed by atoms with E-state index in [0.717, 1.165) is 64.3 Å². The smallest absolute Gasteiger partial charge is 0.251 e. The first kappa shape index (κ1) is 14.4. The average Bonchev–Trinajstić information content (AvgIpc) is 3.00. The lowest BCUT2D eigenvalue weighted by molar-refractivity contribution is 0.0374. The van der Waals surface area contributed by atoms with Crippen molar-refractivity contribution in [3.63, 3.8) is 0 Å². The van der Waals surface area contributed by atoms with Crippen LogP contribution in [0.3, 0.4) is 0 Å². The van der Waals surface area contributed by atoms with Gasteiger partial charge in [0, 0.05) is 37.4 Å². The number of fused-ring (bicyclic) bond motifs is 1. The molecule has 5 heteroatoms. The quantitative estimate of drug-likeness (QED) is 0.797. The molecule has 0 radical (unpaired) electrons. The van der Waals surface area contributed by atoms with Gasteiger partial charge < -0.3 is 15.4 Å². The van der Waals surface area contributed by atoms with Gasteiger partial charge in [0.25, 0.3) is 5.91 Å². The highest BCUT2D eigenvalue weighted by molar-refractivity contribution is 5.95. The van der Waals surface area contributed by atoms with Crippen molar-refractivity contribution >= 4 is 11.6 Å². The highest BCUT2D eigenvalue weighted by atomic mass is 16.5. The van der Waals surface area contributed by atoms with Crippen LogP contribution in [0.1, 0.15) is 22.3 Å². The number of anilines is 1. The van der Waals surface area contributed by atoms with Crippen molar-refractivity contribution in [2.45, 2.75) is 12.8 Å². The number of nitrogens with one attached hydrogen (secondary N) is 2. The van der Waals surface area contributed by atoms with Gasteiger partial charge in [-0.15, -0.1) is 0 Å². The number of morpholine rings is 1. The molecular formula is C16H23N3O2. The Labute approximate surface area is 125 Å². The molecular weight excluding hydrogens is 266 g/mol. The highest BCUT2D eigenvalue weighted by Crippen LogP contribution is 2.22. The molecule has 0 unspecified atom stereocenters. The maximum Gasteiger partial charge on any atom is 0.251 e. The number of carbonyl (C=O) groups is 1. The van der Waals surface area contributed by atoms with Gasteiger partial charge in [0.15, 0.2) is 0 Å². The first-order valence-corrected chi connectivity index (χ1v) is 7.78. The first-order valence-electron chi connectivity index (χ1n) is 7.78. The average molecular weight is 289 g/mol. The first-order chi connectivity index (χ1) is 10.3. The Kier molecular flexibility index (Phi) is 4.72. The Bertz CT molecular complexity index is 498. The van der Waals surface area contributed by atoms with E-state index >= 15 is 0 Å². The Morgan fingerprint density at radius 3 is 3.05 bits per heavy atom. The Balaban J connectivity index is 1.41. The monoisotopic (exact) mass is 289 g/mol. The summed E-state index contributed by atoms with van der Waals surface area (Å²) in [5.41, 5.74) is 3.18. The fourth-order valence-electron chi connectivity index (χ4n) is 2.88. The number of amides is 1. The molecule has 1 aromatic rings. The SMILES string of the molecule is O=C(NCCCN1CCOCC1)c1ccc2c(c1)CCN2. The summed E-state index contributed by atoms with van der Waals surface area (Å²) >= 11 is 0. The van der Waals surface area contributed by atoms with Gasteiger partial charge in [-0.25, -0.2) is 0 Å². The number of benzene rings is 1. The lowest BCUT2D eigenvalue weighted by atomic mass is 10.1. The van der Waals surface area contributed by atoms with E-state index in [2.05, 4.69) is 15.5 Å². The third-order valence-corrected chi connectivity index (χ3v) is 4.12. The Morgan fingerprint density at radius 2 is 2.19 bits per heavy atom. The van der Waals surface area contributed by atoms with Crippen LogP contribution in [0.5, 0.6) is 0 Å². The fourth-order valence-corrected chi connectivity index (χ4v) is 2.88. The second kappa shape index (κ2) is 6.91. The van der Waals surface area contributed by atoms with E-state index in [1.54, 1.807) is 0 Å². The van der Waals surface area contributed by atoms with Gasteiger partial charge in [-0.2, -0.15) is 0 Å². The molecule has 5 nitrogen and oxygen atoms in total. The van der Waals surface area contributed by atoms with E-state index in [0.29, 0.717) is 0 Å². The molecule has 21 heavy (non-hydrogen) atoms. The molecule has 1 amide bonds. The topological polar surface area (TPSA) is 53.6 Å². The number of nitrogens with zero attached hydrogens (tertiary/aromatic N) is 1. The number of rotatable bonds is 5. The van der Waals surface area contributed by atoms with E-state index in [4.69, 9.17) is 4.74 Å². The molecule has 0 aliphatic carbocycles. The van der Waals surface area contributed by atoms with E-state index < -0.39 is 0 Å². The molecule has 0 spiro atoms. The van der Waals surface area contributed by atoms with E-state index in [9.17, 15) is 4.79 Å². The van der Waals surface area contributed by atoms with Gasteiger partial charge in [-0.05, 0) is 43.1 Å². The third kappa shape index (κ3) is 3.74. The molecule has 0 bridgehead atoms. The van der Waals surface area contributed by atoms with Crippen LogP contribution in [0.2, 0.25) is 0 Å². The van der Waals surface area contributed by atoms with E-state index in [1.165, 1.54) is 11.3 Å². The summed E-state index contributed by atoms with van der Waals surface area (Å²) < 4.78 is 5.32. The van der Waals surface area contributed by atoms with Crippen molar-refractivity contribution in [3.8, 4) is 0 Å². The summed E-state index contributed by atoms with van der Waals surface area (Å²) in [5.74, 6) is 0.0340. The van der Waals surface area contributed by atoms with Crippen molar-refractivity contribution < 1.29 is 9.53 Å². The predicted molar refractivity (Wildman–Crippen MR) is 82.8 cm³/mol. The maximum atomic E-state index is 12.1. The lowest BCUT2D eigenvalue weighted by Gasteiger charge is -2.26. The second-order valence-electron chi connectivity index (χ2n) is 5.61. The molecule has 1 saturated heterocycles. The zero-order chi connectivity index (χ0) is 14.5. The van der Waals surface area contributed by atoms with Crippen LogP contribution in [-0.4, -0.2) is 56.7 Å². The van der Waals surface area contributed by atoms with Crippen molar-refractivity contribution in [1.82, 2.24) is 10.2 Å². The molecule has 3 rings (SSSR count).